The van der Waals surface area contributed by atoms with E-state index in [4.69, 9.17) is 4.74 Å². The summed E-state index contributed by atoms with van der Waals surface area (Å²) in [4.78, 5) is 16.5. The summed E-state index contributed by atoms with van der Waals surface area (Å²) in [6.07, 6.45) is 0. The second-order valence-electron chi connectivity index (χ2n) is 5.53. The Balaban J connectivity index is 2.01. The fourth-order valence-corrected chi connectivity index (χ4v) is 3.65. The molecule has 0 atom stereocenters. The molecule has 0 amide bonds. The van der Waals surface area contributed by atoms with Gasteiger partial charge >= 0.3 is 5.69 Å². The Bertz CT molecular complexity index is 1080. The molecule has 0 saturated carbocycles. The van der Waals surface area contributed by atoms with Crippen molar-refractivity contribution in [1.29, 1.82) is 0 Å². The van der Waals surface area contributed by atoms with Crippen LogP contribution in [0.25, 0.3) is 11.0 Å². The van der Waals surface area contributed by atoms with Gasteiger partial charge in [0, 0.05) is 0 Å². The Hall–Kier alpha value is -2.74. The highest BCUT2D eigenvalue weighted by molar-refractivity contribution is 7.92. The summed E-state index contributed by atoms with van der Waals surface area (Å²) in [5, 5.41) is 0. The third-order valence-corrected chi connectivity index (χ3v) is 5.15. The second-order valence-corrected chi connectivity index (χ2v) is 7.21. The van der Waals surface area contributed by atoms with Gasteiger partial charge in [-0.15, -0.1) is 0 Å². The van der Waals surface area contributed by atoms with E-state index < -0.39 is 10.0 Å². The molecular weight excluding hydrogens is 330 g/mol. The van der Waals surface area contributed by atoms with E-state index in [1.165, 1.54) is 12.1 Å². The third-order valence-electron chi connectivity index (χ3n) is 3.78. The highest BCUT2D eigenvalue weighted by atomic mass is 32.2. The fraction of sp³-hybridized carbons (Fsp3) is 0.188. The van der Waals surface area contributed by atoms with Crippen LogP contribution in [0.5, 0.6) is 5.75 Å². The topological polar surface area (TPSA) is 104 Å². The SMILES string of the molecule is COc1cc(C)c(NS(=O)(=O)c2ccc3[nH]c(=O)[nH]c3c2)cc1C. The van der Waals surface area contributed by atoms with Crippen LogP contribution in [0.3, 0.4) is 0 Å². The predicted octanol–water partition coefficient (Wildman–Crippen LogP) is 2.28. The molecule has 0 bridgehead atoms. The lowest BCUT2D eigenvalue weighted by molar-refractivity contribution is 0.411. The van der Waals surface area contributed by atoms with Gasteiger partial charge in [-0.05, 0) is 55.3 Å². The molecule has 0 aliphatic carbocycles. The minimum Gasteiger partial charge on any atom is -0.496 e. The zero-order valence-electron chi connectivity index (χ0n) is 13.4. The number of sulfonamides is 1. The maximum absolute atomic E-state index is 12.6. The monoisotopic (exact) mass is 347 g/mol. The first-order chi connectivity index (χ1) is 11.3. The second kappa shape index (κ2) is 5.72. The molecule has 0 radical (unpaired) electrons. The molecule has 1 heterocycles. The van der Waals surface area contributed by atoms with E-state index in [2.05, 4.69) is 14.7 Å². The van der Waals surface area contributed by atoms with Crippen molar-refractivity contribution >= 4 is 26.7 Å². The van der Waals surface area contributed by atoms with Gasteiger partial charge < -0.3 is 14.7 Å². The first-order valence-corrected chi connectivity index (χ1v) is 8.68. The normalized spacial score (nSPS) is 11.6. The van der Waals surface area contributed by atoms with Crippen molar-refractivity contribution in [3.05, 3.63) is 51.9 Å². The van der Waals surface area contributed by atoms with E-state index in [0.29, 0.717) is 22.5 Å². The average molecular weight is 347 g/mol. The van der Waals surface area contributed by atoms with Crippen molar-refractivity contribution < 1.29 is 13.2 Å². The molecular formula is C16H17N3O4S. The molecule has 3 N–H and O–H groups in total. The van der Waals surface area contributed by atoms with E-state index in [1.54, 1.807) is 32.2 Å². The van der Waals surface area contributed by atoms with Gasteiger partial charge in [0.2, 0.25) is 0 Å². The Morgan fingerprint density at radius 2 is 1.71 bits per heavy atom. The highest BCUT2D eigenvalue weighted by Crippen LogP contribution is 2.28. The van der Waals surface area contributed by atoms with E-state index >= 15 is 0 Å². The Morgan fingerprint density at radius 1 is 1.00 bits per heavy atom. The van der Waals surface area contributed by atoms with Crippen molar-refractivity contribution in [2.45, 2.75) is 18.7 Å². The maximum atomic E-state index is 12.6. The van der Waals surface area contributed by atoms with Crippen molar-refractivity contribution in [3.63, 3.8) is 0 Å². The first kappa shape index (κ1) is 16.1. The fourth-order valence-electron chi connectivity index (χ4n) is 2.50. The zero-order chi connectivity index (χ0) is 17.5. The van der Waals surface area contributed by atoms with Crippen molar-refractivity contribution in [1.82, 2.24) is 9.97 Å². The number of hydrogen-bond donors (Lipinski definition) is 3. The van der Waals surface area contributed by atoms with Crippen LogP contribution < -0.4 is 15.1 Å². The molecule has 0 fully saturated rings. The molecule has 8 heteroatoms. The smallest absolute Gasteiger partial charge is 0.323 e. The lowest BCUT2D eigenvalue weighted by atomic mass is 10.1. The van der Waals surface area contributed by atoms with Gasteiger partial charge in [-0.1, -0.05) is 0 Å². The Morgan fingerprint density at radius 3 is 2.42 bits per heavy atom. The molecule has 0 unspecified atom stereocenters. The number of aryl methyl sites for hydroxylation is 2. The maximum Gasteiger partial charge on any atom is 0.323 e. The van der Waals surface area contributed by atoms with E-state index in [9.17, 15) is 13.2 Å². The molecule has 24 heavy (non-hydrogen) atoms. The number of methoxy groups -OCH3 is 1. The van der Waals surface area contributed by atoms with Crippen LogP contribution in [0.15, 0.2) is 40.0 Å². The van der Waals surface area contributed by atoms with Gasteiger partial charge in [0.05, 0.1) is 28.7 Å². The van der Waals surface area contributed by atoms with Gasteiger partial charge in [0.25, 0.3) is 10.0 Å². The van der Waals surface area contributed by atoms with E-state index in [0.717, 1.165) is 11.1 Å². The predicted molar refractivity (Wildman–Crippen MR) is 92.2 cm³/mol. The van der Waals surface area contributed by atoms with Gasteiger partial charge in [-0.2, -0.15) is 0 Å². The van der Waals surface area contributed by atoms with Crippen LogP contribution in [0.2, 0.25) is 0 Å². The number of rotatable bonds is 4. The number of ether oxygens (including phenoxy) is 1. The molecule has 3 aromatic rings. The molecule has 2 aromatic carbocycles. The van der Waals surface area contributed by atoms with E-state index in [1.807, 2.05) is 6.92 Å². The van der Waals surface area contributed by atoms with E-state index in [-0.39, 0.29) is 10.6 Å². The van der Waals surface area contributed by atoms with Crippen LogP contribution in [0.1, 0.15) is 11.1 Å². The summed E-state index contributed by atoms with van der Waals surface area (Å²) in [6, 6.07) is 7.91. The Labute approximate surface area is 138 Å². The van der Waals surface area contributed by atoms with Crippen LogP contribution >= 0.6 is 0 Å². The number of nitrogens with one attached hydrogen (secondary N) is 3. The molecule has 126 valence electrons. The number of benzene rings is 2. The number of anilines is 1. The molecule has 1 aromatic heterocycles. The lowest BCUT2D eigenvalue weighted by Crippen LogP contribution is -2.14. The number of imidazole rings is 1. The summed E-state index contributed by atoms with van der Waals surface area (Å²) >= 11 is 0. The zero-order valence-corrected chi connectivity index (χ0v) is 14.2. The molecule has 0 aliphatic rings. The van der Waals surface area contributed by atoms with Gasteiger partial charge in [-0.25, -0.2) is 13.2 Å². The first-order valence-electron chi connectivity index (χ1n) is 7.20. The minimum absolute atomic E-state index is 0.0677. The highest BCUT2D eigenvalue weighted by Gasteiger charge is 2.17. The van der Waals surface area contributed by atoms with Gasteiger partial charge in [-0.3, -0.25) is 4.72 Å². The van der Waals surface area contributed by atoms with Crippen LogP contribution in [-0.2, 0) is 10.0 Å². The number of fused-ring (bicyclic) bond motifs is 1. The molecule has 0 saturated heterocycles. The summed E-state index contributed by atoms with van der Waals surface area (Å²) < 4.78 is 33.1. The third kappa shape index (κ3) is 2.88. The summed E-state index contributed by atoms with van der Waals surface area (Å²) in [6.45, 7) is 3.64. The average Bonchev–Trinajstić information content (AvgIpc) is 2.89. The number of H-pyrrole nitrogens is 2. The van der Waals surface area contributed by atoms with Crippen LogP contribution in [-0.4, -0.2) is 25.5 Å². The lowest BCUT2D eigenvalue weighted by Gasteiger charge is -2.14. The van der Waals surface area contributed by atoms with Crippen molar-refractivity contribution in [2.75, 3.05) is 11.8 Å². The molecule has 0 spiro atoms. The number of aromatic amines is 2. The quantitative estimate of drug-likeness (QED) is 0.673. The molecule has 7 nitrogen and oxygen atoms in total. The minimum atomic E-state index is -3.78. The van der Waals surface area contributed by atoms with Gasteiger partial charge in [0.1, 0.15) is 5.75 Å². The van der Waals surface area contributed by atoms with Crippen LogP contribution in [0, 0.1) is 13.8 Å². The van der Waals surface area contributed by atoms with Gasteiger partial charge in [0.15, 0.2) is 0 Å². The number of hydrogen-bond acceptors (Lipinski definition) is 4. The molecule has 3 rings (SSSR count). The van der Waals surface area contributed by atoms with Crippen LogP contribution in [0.4, 0.5) is 5.69 Å². The summed E-state index contributed by atoms with van der Waals surface area (Å²) in [5.41, 5.74) is 2.66. The van der Waals surface area contributed by atoms with Crippen molar-refractivity contribution in [3.8, 4) is 5.75 Å². The van der Waals surface area contributed by atoms with Crippen molar-refractivity contribution in [2.24, 2.45) is 0 Å². The number of aromatic nitrogens is 2. The standard InChI is InChI=1S/C16H17N3O4S/c1-9-7-15(23-3)10(2)6-13(9)19-24(21,22)11-4-5-12-14(8-11)18-16(20)17-12/h4-8,19H,1-3H3,(H2,17,18,20). The summed E-state index contributed by atoms with van der Waals surface area (Å²) in [5.74, 6) is 0.696. The summed E-state index contributed by atoms with van der Waals surface area (Å²) in [7, 11) is -2.21. The molecule has 0 aliphatic heterocycles. The largest absolute Gasteiger partial charge is 0.496 e. The Kier molecular flexibility index (Phi) is 3.84.